The first-order valence-electron chi connectivity index (χ1n) is 6.09. The fourth-order valence-corrected chi connectivity index (χ4v) is 3.00. The van der Waals surface area contributed by atoms with E-state index >= 15 is 0 Å². The molecule has 96 valence electrons. The van der Waals surface area contributed by atoms with Crippen LogP contribution in [0.3, 0.4) is 0 Å². The molecule has 0 spiro atoms. The minimum atomic E-state index is -2.55. The monoisotopic (exact) mass is 250 g/mol. The fraction of sp³-hybridized carbons (Fsp3) is 0.429. The van der Waals surface area contributed by atoms with Gasteiger partial charge in [-0.05, 0) is 23.1 Å². The van der Waals surface area contributed by atoms with E-state index in [1.165, 1.54) is 0 Å². The third-order valence-corrected chi connectivity index (χ3v) is 4.09. The molecule has 0 unspecified atom stereocenters. The molecule has 2 aromatic rings. The molecule has 0 radical (unpaired) electrons. The van der Waals surface area contributed by atoms with Gasteiger partial charge in [-0.25, -0.2) is 8.78 Å². The Labute approximate surface area is 104 Å². The van der Waals surface area contributed by atoms with Crippen molar-refractivity contribution in [1.82, 2.24) is 4.57 Å². The van der Waals surface area contributed by atoms with Crippen LogP contribution in [0.5, 0.6) is 0 Å². The first-order valence-corrected chi connectivity index (χ1v) is 6.09. The summed E-state index contributed by atoms with van der Waals surface area (Å²) >= 11 is 0. The molecule has 0 aliphatic heterocycles. The van der Waals surface area contributed by atoms with Gasteiger partial charge < -0.3 is 10.3 Å². The van der Waals surface area contributed by atoms with Gasteiger partial charge in [0.25, 0.3) is 0 Å². The van der Waals surface area contributed by atoms with E-state index < -0.39 is 11.3 Å². The standard InChI is InChI=1S/C14H16F2N2/c1-18-5-4-10-2-3-11(6-12(10)18)13(9-17)7-14(15,16)8-13/h2-6H,7-9,17H2,1H3. The molecular formula is C14H16F2N2. The Morgan fingerprint density at radius 2 is 2.00 bits per heavy atom. The number of alkyl halides is 2. The van der Waals surface area contributed by atoms with Gasteiger partial charge in [0.2, 0.25) is 5.92 Å². The molecule has 0 atom stereocenters. The molecule has 18 heavy (non-hydrogen) atoms. The second-order valence-electron chi connectivity index (χ2n) is 5.39. The van der Waals surface area contributed by atoms with Gasteiger partial charge in [-0.15, -0.1) is 0 Å². The van der Waals surface area contributed by atoms with Gasteiger partial charge in [-0.1, -0.05) is 12.1 Å². The molecule has 4 heteroatoms. The molecule has 3 rings (SSSR count). The summed E-state index contributed by atoms with van der Waals surface area (Å²) in [5.41, 5.74) is 7.20. The molecule has 1 heterocycles. The summed E-state index contributed by atoms with van der Waals surface area (Å²) in [5.74, 6) is -2.55. The first-order chi connectivity index (χ1) is 8.46. The highest BCUT2D eigenvalue weighted by Gasteiger charge is 2.56. The van der Waals surface area contributed by atoms with Crippen molar-refractivity contribution in [2.45, 2.75) is 24.2 Å². The third kappa shape index (κ3) is 1.56. The van der Waals surface area contributed by atoms with Crippen LogP contribution in [0.25, 0.3) is 10.9 Å². The lowest BCUT2D eigenvalue weighted by Gasteiger charge is -2.47. The van der Waals surface area contributed by atoms with E-state index in [1.54, 1.807) is 0 Å². The topological polar surface area (TPSA) is 30.9 Å². The smallest absolute Gasteiger partial charge is 0.250 e. The highest BCUT2D eigenvalue weighted by Crippen LogP contribution is 2.53. The van der Waals surface area contributed by atoms with E-state index in [4.69, 9.17) is 5.73 Å². The van der Waals surface area contributed by atoms with Gasteiger partial charge >= 0.3 is 0 Å². The molecule has 1 saturated carbocycles. The third-order valence-electron chi connectivity index (χ3n) is 4.09. The van der Waals surface area contributed by atoms with Gasteiger partial charge in [0, 0.05) is 43.6 Å². The average molecular weight is 250 g/mol. The maximum absolute atomic E-state index is 13.2. The number of benzene rings is 1. The Morgan fingerprint density at radius 3 is 2.61 bits per heavy atom. The molecule has 1 aliphatic carbocycles. The highest BCUT2D eigenvalue weighted by molar-refractivity contribution is 5.81. The molecule has 1 aromatic carbocycles. The summed E-state index contributed by atoms with van der Waals surface area (Å²) < 4.78 is 28.4. The predicted molar refractivity (Wildman–Crippen MR) is 67.8 cm³/mol. The minimum Gasteiger partial charge on any atom is -0.351 e. The summed E-state index contributed by atoms with van der Waals surface area (Å²) in [6.45, 7) is 0.276. The predicted octanol–water partition coefficient (Wildman–Crippen LogP) is 2.80. The van der Waals surface area contributed by atoms with Crippen molar-refractivity contribution in [1.29, 1.82) is 0 Å². The van der Waals surface area contributed by atoms with Crippen LogP contribution < -0.4 is 5.73 Å². The number of rotatable bonds is 2. The zero-order chi connectivity index (χ0) is 13.0. The number of aryl methyl sites for hydroxylation is 1. The van der Waals surface area contributed by atoms with Crippen molar-refractivity contribution in [3.63, 3.8) is 0 Å². The number of hydrogen-bond acceptors (Lipinski definition) is 1. The van der Waals surface area contributed by atoms with Crippen molar-refractivity contribution >= 4 is 10.9 Å². The molecule has 0 saturated heterocycles. The number of halogens is 2. The lowest BCUT2D eigenvalue weighted by atomic mass is 9.62. The number of hydrogen-bond donors (Lipinski definition) is 1. The van der Waals surface area contributed by atoms with Crippen LogP contribution in [0.4, 0.5) is 8.78 Å². The maximum atomic E-state index is 13.2. The molecule has 1 aromatic heterocycles. The second kappa shape index (κ2) is 3.54. The summed E-state index contributed by atoms with van der Waals surface area (Å²) in [4.78, 5) is 0. The minimum absolute atomic E-state index is 0.133. The molecule has 0 bridgehead atoms. The van der Waals surface area contributed by atoms with Crippen LogP contribution in [0.15, 0.2) is 30.5 Å². The van der Waals surface area contributed by atoms with Crippen LogP contribution in [-0.2, 0) is 12.5 Å². The molecule has 0 amide bonds. The molecule has 2 nitrogen and oxygen atoms in total. The quantitative estimate of drug-likeness (QED) is 0.873. The Hall–Kier alpha value is -1.42. The summed E-state index contributed by atoms with van der Waals surface area (Å²) in [5, 5.41) is 1.12. The van der Waals surface area contributed by atoms with Gasteiger partial charge in [0.15, 0.2) is 0 Å². The Kier molecular flexibility index (Phi) is 2.29. The van der Waals surface area contributed by atoms with Crippen molar-refractivity contribution in [2.75, 3.05) is 6.54 Å². The molecule has 2 N–H and O–H groups in total. The van der Waals surface area contributed by atoms with Gasteiger partial charge in [0.1, 0.15) is 0 Å². The normalized spacial score (nSPS) is 20.9. The van der Waals surface area contributed by atoms with Crippen LogP contribution in [-0.4, -0.2) is 17.0 Å². The fourth-order valence-electron chi connectivity index (χ4n) is 3.00. The summed E-state index contributed by atoms with van der Waals surface area (Å²) in [7, 11) is 1.95. The van der Waals surface area contributed by atoms with Gasteiger partial charge in [-0.2, -0.15) is 0 Å². The summed E-state index contributed by atoms with van der Waals surface area (Å²) in [6, 6.07) is 7.93. The lowest BCUT2D eigenvalue weighted by Crippen LogP contribution is -2.53. The van der Waals surface area contributed by atoms with E-state index in [1.807, 2.05) is 42.1 Å². The van der Waals surface area contributed by atoms with Crippen LogP contribution in [0.2, 0.25) is 0 Å². The van der Waals surface area contributed by atoms with Crippen LogP contribution in [0, 0.1) is 0 Å². The highest BCUT2D eigenvalue weighted by atomic mass is 19.3. The zero-order valence-electron chi connectivity index (χ0n) is 10.3. The van der Waals surface area contributed by atoms with E-state index in [9.17, 15) is 8.78 Å². The van der Waals surface area contributed by atoms with E-state index in [0.29, 0.717) is 0 Å². The van der Waals surface area contributed by atoms with Crippen LogP contribution in [0.1, 0.15) is 18.4 Å². The van der Waals surface area contributed by atoms with E-state index in [2.05, 4.69) is 0 Å². The molecule has 1 fully saturated rings. The number of aromatic nitrogens is 1. The largest absolute Gasteiger partial charge is 0.351 e. The number of nitrogens with zero attached hydrogens (tertiary/aromatic N) is 1. The maximum Gasteiger partial charge on any atom is 0.250 e. The first kappa shape index (κ1) is 11.7. The van der Waals surface area contributed by atoms with Crippen molar-refractivity contribution in [3.05, 3.63) is 36.0 Å². The van der Waals surface area contributed by atoms with Crippen molar-refractivity contribution < 1.29 is 8.78 Å². The number of nitrogens with two attached hydrogens (primary N) is 1. The Balaban J connectivity index is 2.06. The SMILES string of the molecule is Cn1ccc2ccc(C3(CN)CC(F)(F)C3)cc21. The van der Waals surface area contributed by atoms with Crippen LogP contribution >= 0.6 is 0 Å². The van der Waals surface area contributed by atoms with E-state index in [-0.39, 0.29) is 19.4 Å². The zero-order valence-corrected chi connectivity index (χ0v) is 10.3. The molecular weight excluding hydrogens is 234 g/mol. The lowest BCUT2D eigenvalue weighted by molar-refractivity contribution is -0.123. The average Bonchev–Trinajstić information content (AvgIpc) is 2.67. The van der Waals surface area contributed by atoms with Crippen molar-refractivity contribution in [3.8, 4) is 0 Å². The summed E-state index contributed by atoms with van der Waals surface area (Å²) in [6.07, 6.45) is 1.71. The second-order valence-corrected chi connectivity index (χ2v) is 5.39. The Morgan fingerprint density at radius 1 is 1.28 bits per heavy atom. The van der Waals surface area contributed by atoms with Crippen molar-refractivity contribution in [2.24, 2.45) is 12.8 Å². The van der Waals surface area contributed by atoms with Gasteiger partial charge in [-0.3, -0.25) is 0 Å². The molecule has 1 aliphatic rings. The Bertz CT molecular complexity index is 593. The van der Waals surface area contributed by atoms with E-state index in [0.717, 1.165) is 16.5 Å². The number of fused-ring (bicyclic) bond motifs is 1. The van der Waals surface area contributed by atoms with Gasteiger partial charge in [0.05, 0.1) is 0 Å².